The highest BCUT2D eigenvalue weighted by Crippen LogP contribution is 2.26. The van der Waals surface area contributed by atoms with Crippen molar-refractivity contribution in [3.05, 3.63) is 77.3 Å². The molecule has 28 heavy (non-hydrogen) atoms. The van der Waals surface area contributed by atoms with E-state index in [9.17, 15) is 9.90 Å². The van der Waals surface area contributed by atoms with Crippen LogP contribution in [0.25, 0.3) is 10.8 Å². The van der Waals surface area contributed by atoms with E-state index in [0.717, 1.165) is 16.3 Å². The van der Waals surface area contributed by atoms with Gasteiger partial charge in [-0.05, 0) is 60.9 Å². The van der Waals surface area contributed by atoms with Gasteiger partial charge in [-0.3, -0.25) is 4.79 Å². The highest BCUT2D eigenvalue weighted by Gasteiger charge is 2.29. The Balaban J connectivity index is 1.57. The molecule has 0 spiro atoms. The van der Waals surface area contributed by atoms with Crippen LogP contribution < -0.4 is 10.1 Å². The lowest BCUT2D eigenvalue weighted by Crippen LogP contribution is -2.47. The fourth-order valence-corrected chi connectivity index (χ4v) is 3.20. The second-order valence-electron chi connectivity index (χ2n) is 7.20. The molecule has 0 radical (unpaired) electrons. The Hall–Kier alpha value is -2.56. The molecule has 2 N–H and O–H groups in total. The summed E-state index contributed by atoms with van der Waals surface area (Å²) in [5.41, 5.74) is -0.179. The van der Waals surface area contributed by atoms with Crippen LogP contribution in [0.3, 0.4) is 0 Å². The average Bonchev–Trinajstić information content (AvgIpc) is 2.69. The van der Waals surface area contributed by atoms with Crippen LogP contribution in [0.1, 0.15) is 31.9 Å². The van der Waals surface area contributed by atoms with E-state index in [1.807, 2.05) is 42.5 Å². The van der Waals surface area contributed by atoms with Crippen molar-refractivity contribution in [2.24, 2.45) is 0 Å². The zero-order chi connectivity index (χ0) is 20.1. The Kier molecular flexibility index (Phi) is 6.22. The molecule has 0 aliphatic carbocycles. The van der Waals surface area contributed by atoms with E-state index in [0.29, 0.717) is 23.7 Å². The van der Waals surface area contributed by atoms with Crippen molar-refractivity contribution in [1.29, 1.82) is 0 Å². The van der Waals surface area contributed by atoms with Crippen LogP contribution in [0.4, 0.5) is 0 Å². The minimum atomic E-state index is -1.04. The van der Waals surface area contributed by atoms with Gasteiger partial charge in [-0.25, -0.2) is 0 Å². The van der Waals surface area contributed by atoms with Crippen LogP contribution in [0, 0.1) is 0 Å². The van der Waals surface area contributed by atoms with Crippen molar-refractivity contribution in [3.63, 3.8) is 0 Å². The Morgan fingerprint density at radius 3 is 2.50 bits per heavy atom. The number of nitrogens with one attached hydrogen (secondary N) is 1. The molecule has 5 heteroatoms. The first-order chi connectivity index (χ1) is 13.4. The molecule has 0 bridgehead atoms. The molecule has 1 atom stereocenters. The number of aliphatic hydroxyl groups is 1. The molecule has 4 nitrogen and oxygen atoms in total. The standard InChI is InChI=1S/C23H24ClNO3/c1-23(2,28-18-12-10-17(24)11-13-18)22(27)25-15-14-21(26)20-9-5-7-16-6-3-4-8-19(16)20/h3-13,21,26H,14-15H2,1-2H3,(H,25,27). The molecular formula is C23H24ClNO3. The van der Waals surface area contributed by atoms with Crippen molar-refractivity contribution >= 4 is 28.3 Å². The van der Waals surface area contributed by atoms with Gasteiger partial charge in [-0.1, -0.05) is 54.1 Å². The quantitative estimate of drug-likeness (QED) is 0.596. The molecule has 0 heterocycles. The number of carbonyl (C=O) groups excluding carboxylic acids is 1. The molecule has 0 saturated carbocycles. The Labute approximate surface area is 170 Å². The smallest absolute Gasteiger partial charge is 0.263 e. The number of aliphatic hydroxyl groups excluding tert-OH is 1. The van der Waals surface area contributed by atoms with E-state index < -0.39 is 11.7 Å². The number of benzene rings is 3. The summed E-state index contributed by atoms with van der Waals surface area (Å²) in [4.78, 5) is 12.5. The number of rotatable bonds is 7. The molecule has 3 aromatic carbocycles. The third kappa shape index (κ3) is 4.83. The molecule has 3 aromatic rings. The number of hydrogen-bond acceptors (Lipinski definition) is 3. The molecule has 1 amide bonds. The Morgan fingerprint density at radius 1 is 1.07 bits per heavy atom. The summed E-state index contributed by atoms with van der Waals surface area (Å²) in [5, 5.41) is 16.2. The van der Waals surface area contributed by atoms with Crippen molar-refractivity contribution in [2.45, 2.75) is 32.0 Å². The second-order valence-corrected chi connectivity index (χ2v) is 7.63. The highest BCUT2D eigenvalue weighted by atomic mass is 35.5. The third-order valence-electron chi connectivity index (χ3n) is 4.62. The largest absolute Gasteiger partial charge is 0.478 e. The third-order valence-corrected chi connectivity index (χ3v) is 4.87. The van der Waals surface area contributed by atoms with Crippen LogP contribution >= 0.6 is 11.6 Å². The zero-order valence-electron chi connectivity index (χ0n) is 16.0. The SMILES string of the molecule is CC(C)(Oc1ccc(Cl)cc1)C(=O)NCCC(O)c1cccc2ccccc12. The first-order valence-electron chi connectivity index (χ1n) is 9.25. The van der Waals surface area contributed by atoms with Gasteiger partial charge in [0.1, 0.15) is 5.75 Å². The second kappa shape index (κ2) is 8.63. The molecule has 146 valence electrons. The number of fused-ring (bicyclic) bond motifs is 1. The van der Waals surface area contributed by atoms with Gasteiger partial charge in [0, 0.05) is 11.6 Å². The summed E-state index contributed by atoms with van der Waals surface area (Å²) in [5.74, 6) is 0.327. The fourth-order valence-electron chi connectivity index (χ4n) is 3.08. The lowest BCUT2D eigenvalue weighted by atomic mass is 9.98. The lowest BCUT2D eigenvalue weighted by molar-refractivity contribution is -0.134. The number of ether oxygens (including phenoxy) is 1. The maximum absolute atomic E-state index is 12.5. The van der Waals surface area contributed by atoms with Gasteiger partial charge in [0.2, 0.25) is 0 Å². The van der Waals surface area contributed by atoms with Crippen LogP contribution in [0.2, 0.25) is 5.02 Å². The predicted octanol–water partition coefficient (Wildman–Crippen LogP) is 4.89. The van der Waals surface area contributed by atoms with E-state index in [1.165, 1.54) is 0 Å². The topological polar surface area (TPSA) is 58.6 Å². The van der Waals surface area contributed by atoms with Crippen molar-refractivity contribution in [3.8, 4) is 5.75 Å². The number of halogens is 1. The summed E-state index contributed by atoms with van der Waals surface area (Å²) >= 11 is 5.87. The first kappa shape index (κ1) is 20.2. The van der Waals surface area contributed by atoms with Gasteiger partial charge in [-0.15, -0.1) is 0 Å². The van der Waals surface area contributed by atoms with Crippen molar-refractivity contribution in [2.75, 3.05) is 6.54 Å². The summed E-state index contributed by atoms with van der Waals surface area (Å²) in [6.45, 7) is 3.76. The van der Waals surface area contributed by atoms with Gasteiger partial charge < -0.3 is 15.2 Å². The summed E-state index contributed by atoms with van der Waals surface area (Å²) in [7, 11) is 0. The van der Waals surface area contributed by atoms with E-state index in [-0.39, 0.29) is 5.91 Å². The highest BCUT2D eigenvalue weighted by molar-refractivity contribution is 6.30. The van der Waals surface area contributed by atoms with Crippen LogP contribution in [-0.4, -0.2) is 23.2 Å². The minimum absolute atomic E-state index is 0.243. The van der Waals surface area contributed by atoms with Gasteiger partial charge in [0.25, 0.3) is 5.91 Å². The van der Waals surface area contributed by atoms with Crippen LogP contribution in [0.15, 0.2) is 66.7 Å². The van der Waals surface area contributed by atoms with E-state index in [4.69, 9.17) is 16.3 Å². The van der Waals surface area contributed by atoms with Gasteiger partial charge in [0.15, 0.2) is 5.60 Å². The molecule has 0 fully saturated rings. The molecule has 0 aliphatic rings. The molecule has 3 rings (SSSR count). The van der Waals surface area contributed by atoms with Gasteiger partial charge in [0.05, 0.1) is 6.10 Å². The summed E-state index contributed by atoms with van der Waals surface area (Å²) < 4.78 is 5.79. The maximum atomic E-state index is 12.5. The Bertz CT molecular complexity index is 948. The molecule has 0 aliphatic heterocycles. The van der Waals surface area contributed by atoms with Gasteiger partial charge in [-0.2, -0.15) is 0 Å². The molecule has 0 saturated heterocycles. The van der Waals surface area contributed by atoms with E-state index >= 15 is 0 Å². The molecule has 1 unspecified atom stereocenters. The number of carbonyl (C=O) groups is 1. The van der Waals surface area contributed by atoms with Crippen molar-refractivity contribution < 1.29 is 14.6 Å². The van der Waals surface area contributed by atoms with Gasteiger partial charge >= 0.3 is 0 Å². The van der Waals surface area contributed by atoms with Crippen LogP contribution in [0.5, 0.6) is 5.75 Å². The average molecular weight is 398 g/mol. The Morgan fingerprint density at radius 2 is 1.75 bits per heavy atom. The summed E-state index contributed by atoms with van der Waals surface area (Å²) in [6, 6.07) is 20.7. The summed E-state index contributed by atoms with van der Waals surface area (Å²) in [6.07, 6.45) is -0.247. The lowest BCUT2D eigenvalue weighted by Gasteiger charge is -2.25. The minimum Gasteiger partial charge on any atom is -0.478 e. The first-order valence-corrected chi connectivity index (χ1v) is 9.63. The zero-order valence-corrected chi connectivity index (χ0v) is 16.7. The maximum Gasteiger partial charge on any atom is 0.263 e. The predicted molar refractivity (Wildman–Crippen MR) is 113 cm³/mol. The number of amides is 1. The molecular weight excluding hydrogens is 374 g/mol. The molecule has 0 aromatic heterocycles. The number of hydrogen-bond donors (Lipinski definition) is 2. The van der Waals surface area contributed by atoms with Crippen LogP contribution in [-0.2, 0) is 4.79 Å². The van der Waals surface area contributed by atoms with Crippen molar-refractivity contribution in [1.82, 2.24) is 5.32 Å². The van der Waals surface area contributed by atoms with E-state index in [1.54, 1.807) is 38.1 Å². The fraction of sp³-hybridized carbons (Fsp3) is 0.261. The normalized spacial score (nSPS) is 12.6. The monoisotopic (exact) mass is 397 g/mol. The van der Waals surface area contributed by atoms with E-state index in [2.05, 4.69) is 5.32 Å².